The highest BCUT2D eigenvalue weighted by molar-refractivity contribution is 7.92. The van der Waals surface area contributed by atoms with Crippen molar-refractivity contribution in [2.45, 2.75) is 30.5 Å². The molecule has 2 aromatic heterocycles. The third-order valence-electron chi connectivity index (χ3n) is 3.63. The minimum Gasteiger partial charge on any atom is -0.312 e. The van der Waals surface area contributed by atoms with Gasteiger partial charge in [-0.05, 0) is 35.1 Å². The van der Waals surface area contributed by atoms with Gasteiger partial charge in [0.15, 0.2) is 0 Å². The number of benzene rings is 1. The van der Waals surface area contributed by atoms with Crippen LogP contribution in [0.15, 0.2) is 57.0 Å². The van der Waals surface area contributed by atoms with E-state index in [2.05, 4.69) is 37.0 Å². The van der Waals surface area contributed by atoms with Gasteiger partial charge in [0.2, 0.25) is 4.80 Å². The van der Waals surface area contributed by atoms with Gasteiger partial charge in [-0.3, -0.25) is 0 Å². The number of hydrogen-bond acceptors (Lipinski definition) is 4. The number of hydrogen-bond donors (Lipinski definition) is 0. The summed E-state index contributed by atoms with van der Waals surface area (Å²) < 4.78 is 32.2. The summed E-state index contributed by atoms with van der Waals surface area (Å²) in [5.41, 5.74) is 2.20. The molecule has 1 aromatic carbocycles. The molecule has 0 fully saturated rings. The minimum atomic E-state index is -3.69. The molecule has 0 spiro atoms. The zero-order valence-corrected chi connectivity index (χ0v) is 15.9. The lowest BCUT2D eigenvalue weighted by atomic mass is 10.0. The topological polar surface area (TPSA) is 51.4 Å². The van der Waals surface area contributed by atoms with Crippen molar-refractivity contribution in [1.29, 1.82) is 0 Å². The molecule has 0 unspecified atom stereocenters. The number of allylic oxidation sites excluding steroid dienone is 1. The molecule has 0 N–H and O–H groups in total. The number of sulfonamides is 1. The lowest BCUT2D eigenvalue weighted by Crippen LogP contribution is -2.16. The van der Waals surface area contributed by atoms with Crippen LogP contribution in [0.1, 0.15) is 25.3 Å². The standard InChI is InChI=1S/C17H18N2O2S3/c1-4-9-19-14-8-7-13(12(2)3)11-15(14)23-17(19)18-24(20,21)16-6-5-10-22-16/h4-8,10-12H,1,9H2,2-3H3/b18-17-. The van der Waals surface area contributed by atoms with Crippen LogP contribution in [-0.4, -0.2) is 13.0 Å². The largest absolute Gasteiger partial charge is 0.312 e. The molecule has 0 aliphatic carbocycles. The van der Waals surface area contributed by atoms with Gasteiger partial charge in [0.1, 0.15) is 4.21 Å². The van der Waals surface area contributed by atoms with Crippen molar-refractivity contribution in [3.8, 4) is 0 Å². The fourth-order valence-electron chi connectivity index (χ4n) is 2.38. The van der Waals surface area contributed by atoms with Crippen LogP contribution in [0.25, 0.3) is 10.2 Å². The van der Waals surface area contributed by atoms with Crippen LogP contribution in [0.4, 0.5) is 0 Å². The predicted molar refractivity (Wildman–Crippen MR) is 101 cm³/mol. The van der Waals surface area contributed by atoms with E-state index in [0.29, 0.717) is 17.3 Å². The van der Waals surface area contributed by atoms with E-state index in [1.54, 1.807) is 23.6 Å². The van der Waals surface area contributed by atoms with Crippen molar-refractivity contribution >= 4 is 42.9 Å². The first kappa shape index (κ1) is 17.1. The molecule has 3 aromatic rings. The van der Waals surface area contributed by atoms with Gasteiger partial charge in [-0.1, -0.05) is 43.4 Å². The zero-order chi connectivity index (χ0) is 17.3. The summed E-state index contributed by atoms with van der Waals surface area (Å²) in [7, 11) is -3.69. The fourth-order valence-corrected chi connectivity index (χ4v) is 5.64. The van der Waals surface area contributed by atoms with Crippen LogP contribution < -0.4 is 4.80 Å². The molecular weight excluding hydrogens is 360 g/mol. The van der Waals surface area contributed by atoms with E-state index < -0.39 is 10.0 Å². The Bertz CT molecular complexity index is 1040. The normalized spacial score (nSPS) is 13.0. The third kappa shape index (κ3) is 3.24. The van der Waals surface area contributed by atoms with Crippen molar-refractivity contribution in [2.75, 3.05) is 0 Å². The first-order valence-electron chi connectivity index (χ1n) is 7.51. The second kappa shape index (κ2) is 6.66. The van der Waals surface area contributed by atoms with E-state index in [1.165, 1.54) is 28.2 Å². The van der Waals surface area contributed by atoms with E-state index >= 15 is 0 Å². The molecule has 0 saturated heterocycles. The molecular formula is C17H18N2O2S3. The number of thiazole rings is 1. The Hall–Kier alpha value is -1.70. The maximum absolute atomic E-state index is 12.5. The Labute approximate surface area is 149 Å². The van der Waals surface area contributed by atoms with Gasteiger partial charge in [0.25, 0.3) is 10.0 Å². The molecule has 0 amide bonds. The van der Waals surface area contributed by atoms with E-state index in [0.717, 1.165) is 10.2 Å². The molecule has 4 nitrogen and oxygen atoms in total. The summed E-state index contributed by atoms with van der Waals surface area (Å²) in [6.45, 7) is 8.56. The highest BCUT2D eigenvalue weighted by Gasteiger charge is 2.15. The van der Waals surface area contributed by atoms with Crippen LogP contribution in [0, 0.1) is 0 Å². The van der Waals surface area contributed by atoms with E-state index in [9.17, 15) is 8.42 Å². The Kier molecular flexibility index (Phi) is 4.76. The van der Waals surface area contributed by atoms with Crippen molar-refractivity contribution < 1.29 is 8.42 Å². The predicted octanol–water partition coefficient (Wildman–Crippen LogP) is 4.36. The summed E-state index contributed by atoms with van der Waals surface area (Å²) >= 11 is 2.57. The SMILES string of the molecule is C=CCn1/c(=N/S(=O)(=O)c2cccs2)sc2cc(C(C)C)ccc21. The van der Waals surface area contributed by atoms with Crippen molar-refractivity contribution in [1.82, 2.24) is 4.57 Å². The van der Waals surface area contributed by atoms with Gasteiger partial charge >= 0.3 is 0 Å². The van der Waals surface area contributed by atoms with E-state index in [4.69, 9.17) is 0 Å². The molecule has 0 aliphatic heterocycles. The second-order valence-electron chi connectivity index (χ2n) is 5.66. The Balaban J connectivity index is 2.25. The Morgan fingerprint density at radius 3 is 2.75 bits per heavy atom. The minimum absolute atomic E-state index is 0.257. The van der Waals surface area contributed by atoms with Crippen LogP contribution >= 0.6 is 22.7 Å². The van der Waals surface area contributed by atoms with Gasteiger partial charge < -0.3 is 4.57 Å². The zero-order valence-electron chi connectivity index (χ0n) is 13.5. The number of aromatic nitrogens is 1. The molecule has 0 atom stereocenters. The quantitative estimate of drug-likeness (QED) is 0.619. The summed E-state index contributed by atoms with van der Waals surface area (Å²) in [6.07, 6.45) is 1.75. The maximum Gasteiger partial charge on any atom is 0.294 e. The highest BCUT2D eigenvalue weighted by Crippen LogP contribution is 2.24. The average molecular weight is 379 g/mol. The van der Waals surface area contributed by atoms with E-state index in [-0.39, 0.29) is 4.21 Å². The van der Waals surface area contributed by atoms with Gasteiger partial charge in [-0.2, -0.15) is 8.42 Å². The van der Waals surface area contributed by atoms with Crippen LogP contribution in [0.2, 0.25) is 0 Å². The molecule has 3 rings (SSSR count). The first-order valence-corrected chi connectivity index (χ1v) is 10.6. The van der Waals surface area contributed by atoms with E-state index in [1.807, 2.05) is 10.6 Å². The summed E-state index contributed by atoms with van der Waals surface area (Å²) in [6, 6.07) is 9.51. The smallest absolute Gasteiger partial charge is 0.294 e. The lowest BCUT2D eigenvalue weighted by Gasteiger charge is -2.05. The molecule has 126 valence electrons. The number of rotatable bonds is 5. The first-order chi connectivity index (χ1) is 11.4. The number of thiophene rings is 1. The van der Waals surface area contributed by atoms with Crippen molar-refractivity contribution in [3.63, 3.8) is 0 Å². The van der Waals surface area contributed by atoms with Crippen molar-refractivity contribution in [2.24, 2.45) is 4.40 Å². The van der Waals surface area contributed by atoms with Gasteiger partial charge in [-0.25, -0.2) is 0 Å². The van der Waals surface area contributed by atoms with Crippen LogP contribution in [0.3, 0.4) is 0 Å². The van der Waals surface area contributed by atoms with Crippen LogP contribution in [0.5, 0.6) is 0 Å². The van der Waals surface area contributed by atoms with Crippen molar-refractivity contribution in [3.05, 3.63) is 58.7 Å². The summed E-state index contributed by atoms with van der Waals surface area (Å²) in [4.78, 5) is 0.471. The Morgan fingerprint density at radius 1 is 1.33 bits per heavy atom. The monoisotopic (exact) mass is 378 g/mol. The fraction of sp³-hybridized carbons (Fsp3) is 0.235. The maximum atomic E-state index is 12.5. The average Bonchev–Trinajstić information content (AvgIpc) is 3.16. The van der Waals surface area contributed by atoms with Crippen LogP contribution in [-0.2, 0) is 16.6 Å². The molecule has 7 heteroatoms. The lowest BCUT2D eigenvalue weighted by molar-refractivity contribution is 0.598. The Morgan fingerprint density at radius 2 is 2.12 bits per heavy atom. The van der Waals surface area contributed by atoms with Gasteiger partial charge in [-0.15, -0.1) is 22.3 Å². The second-order valence-corrected chi connectivity index (χ2v) is 9.45. The van der Waals surface area contributed by atoms with Gasteiger partial charge in [0, 0.05) is 6.54 Å². The highest BCUT2D eigenvalue weighted by atomic mass is 32.2. The summed E-state index contributed by atoms with van der Waals surface area (Å²) in [5.74, 6) is 0.416. The molecule has 0 bridgehead atoms. The van der Waals surface area contributed by atoms with Gasteiger partial charge in [0.05, 0.1) is 10.2 Å². The number of fused-ring (bicyclic) bond motifs is 1. The summed E-state index contributed by atoms with van der Waals surface area (Å²) in [5, 5.41) is 1.74. The molecule has 0 saturated carbocycles. The molecule has 2 heterocycles. The number of nitrogens with zero attached hydrogens (tertiary/aromatic N) is 2. The third-order valence-corrected chi connectivity index (χ3v) is 7.43. The molecule has 24 heavy (non-hydrogen) atoms. The molecule has 0 radical (unpaired) electrons. The molecule has 0 aliphatic rings.